The highest BCUT2D eigenvalue weighted by Gasteiger charge is 2.22. The molecule has 0 saturated heterocycles. The second-order valence-corrected chi connectivity index (χ2v) is 5.73. The third kappa shape index (κ3) is 3.51. The van der Waals surface area contributed by atoms with E-state index in [4.69, 9.17) is 9.47 Å². The van der Waals surface area contributed by atoms with Crippen molar-refractivity contribution in [1.29, 1.82) is 0 Å². The maximum Gasteiger partial charge on any atom is 0.414 e. The standard InChI is InChI=1S/C17H22N4O3/c1-20(17(22)24-8-7-23-2)15-4-3-13-5-6-21(16(13)9-15)11-14-10-18-12-19-14/h3-4,9-10,12H,5-8,11H2,1-2H3,(H,18,19). The first kappa shape index (κ1) is 16.3. The van der Waals surface area contributed by atoms with Gasteiger partial charge in [0.2, 0.25) is 0 Å². The number of hydrogen-bond acceptors (Lipinski definition) is 5. The molecule has 7 nitrogen and oxygen atoms in total. The Balaban J connectivity index is 1.71. The molecular weight excluding hydrogens is 308 g/mol. The van der Waals surface area contributed by atoms with E-state index < -0.39 is 0 Å². The Hall–Kier alpha value is -2.54. The maximum absolute atomic E-state index is 12.1. The van der Waals surface area contributed by atoms with E-state index in [0.29, 0.717) is 6.61 Å². The summed E-state index contributed by atoms with van der Waals surface area (Å²) in [6, 6.07) is 6.07. The van der Waals surface area contributed by atoms with Crippen LogP contribution in [0.2, 0.25) is 0 Å². The van der Waals surface area contributed by atoms with Gasteiger partial charge in [-0.3, -0.25) is 4.90 Å². The Kier molecular flexibility index (Phi) is 5.00. The van der Waals surface area contributed by atoms with E-state index in [1.165, 1.54) is 10.5 Å². The number of carbonyl (C=O) groups excluding carboxylic acids is 1. The van der Waals surface area contributed by atoms with Crippen LogP contribution in [0.1, 0.15) is 11.3 Å². The topological polar surface area (TPSA) is 70.7 Å². The molecule has 0 atom stereocenters. The monoisotopic (exact) mass is 330 g/mol. The average molecular weight is 330 g/mol. The molecule has 1 aliphatic rings. The normalized spacial score (nSPS) is 13.0. The molecule has 0 saturated carbocycles. The molecule has 2 heterocycles. The maximum atomic E-state index is 12.1. The third-order valence-electron chi connectivity index (χ3n) is 4.15. The van der Waals surface area contributed by atoms with E-state index in [1.807, 2.05) is 18.3 Å². The Labute approximate surface area is 141 Å². The minimum Gasteiger partial charge on any atom is -0.447 e. The van der Waals surface area contributed by atoms with Crippen molar-refractivity contribution in [3.63, 3.8) is 0 Å². The molecule has 1 aromatic heterocycles. The first-order valence-electron chi connectivity index (χ1n) is 7.93. The summed E-state index contributed by atoms with van der Waals surface area (Å²) >= 11 is 0. The Morgan fingerprint density at radius 2 is 2.29 bits per heavy atom. The number of aromatic amines is 1. The van der Waals surface area contributed by atoms with Crippen molar-refractivity contribution in [2.75, 3.05) is 43.7 Å². The smallest absolute Gasteiger partial charge is 0.414 e. The number of benzene rings is 1. The predicted octanol–water partition coefficient (Wildman–Crippen LogP) is 2.19. The number of methoxy groups -OCH3 is 1. The average Bonchev–Trinajstić information content (AvgIpc) is 3.24. The summed E-state index contributed by atoms with van der Waals surface area (Å²) in [6.07, 6.45) is 4.14. The number of aromatic nitrogens is 2. The molecule has 0 bridgehead atoms. The van der Waals surface area contributed by atoms with E-state index in [1.54, 1.807) is 20.5 Å². The fourth-order valence-electron chi connectivity index (χ4n) is 2.80. The van der Waals surface area contributed by atoms with Gasteiger partial charge in [0.25, 0.3) is 0 Å². The zero-order valence-electron chi connectivity index (χ0n) is 14.0. The minimum atomic E-state index is -0.384. The van der Waals surface area contributed by atoms with Crippen molar-refractivity contribution >= 4 is 17.5 Å². The van der Waals surface area contributed by atoms with Crippen LogP contribution in [0.25, 0.3) is 0 Å². The van der Waals surface area contributed by atoms with Gasteiger partial charge in [0.1, 0.15) is 6.61 Å². The largest absolute Gasteiger partial charge is 0.447 e. The van der Waals surface area contributed by atoms with E-state index in [2.05, 4.69) is 20.9 Å². The first-order chi connectivity index (χ1) is 11.7. The van der Waals surface area contributed by atoms with E-state index >= 15 is 0 Å². The van der Waals surface area contributed by atoms with Crippen molar-refractivity contribution in [3.8, 4) is 0 Å². The molecule has 0 fully saturated rings. The number of amides is 1. The quantitative estimate of drug-likeness (QED) is 0.822. The van der Waals surface area contributed by atoms with Crippen molar-refractivity contribution in [2.45, 2.75) is 13.0 Å². The van der Waals surface area contributed by atoms with Crippen molar-refractivity contribution in [1.82, 2.24) is 9.97 Å². The van der Waals surface area contributed by atoms with Crippen LogP contribution in [0.15, 0.2) is 30.7 Å². The number of H-pyrrole nitrogens is 1. The lowest BCUT2D eigenvalue weighted by atomic mass is 10.1. The number of carbonyl (C=O) groups is 1. The number of hydrogen-bond donors (Lipinski definition) is 1. The molecule has 2 aromatic rings. The van der Waals surface area contributed by atoms with Gasteiger partial charge in [-0.1, -0.05) is 6.07 Å². The summed E-state index contributed by atoms with van der Waals surface area (Å²) in [5, 5.41) is 0. The third-order valence-corrected chi connectivity index (χ3v) is 4.15. The SMILES string of the molecule is COCCOC(=O)N(C)c1ccc2c(c1)N(Cc1cnc[nH]1)CC2. The lowest BCUT2D eigenvalue weighted by molar-refractivity contribution is 0.104. The van der Waals surface area contributed by atoms with Gasteiger partial charge < -0.3 is 19.4 Å². The van der Waals surface area contributed by atoms with Crippen LogP contribution in [0.5, 0.6) is 0 Å². The number of fused-ring (bicyclic) bond motifs is 1. The minimum absolute atomic E-state index is 0.247. The summed E-state index contributed by atoms with van der Waals surface area (Å²) in [5.74, 6) is 0. The van der Waals surface area contributed by atoms with Crippen LogP contribution in [0.4, 0.5) is 16.2 Å². The van der Waals surface area contributed by atoms with Crippen LogP contribution in [-0.2, 0) is 22.4 Å². The number of ether oxygens (including phenoxy) is 2. The molecule has 3 rings (SSSR count). The molecule has 1 N–H and O–H groups in total. The zero-order chi connectivity index (χ0) is 16.9. The second kappa shape index (κ2) is 7.35. The van der Waals surface area contributed by atoms with Crippen LogP contribution in [0.3, 0.4) is 0 Å². The van der Waals surface area contributed by atoms with Crippen LogP contribution in [-0.4, -0.2) is 50.0 Å². The molecule has 24 heavy (non-hydrogen) atoms. The fraction of sp³-hybridized carbons (Fsp3) is 0.412. The summed E-state index contributed by atoms with van der Waals surface area (Å²) in [5.41, 5.74) is 4.33. The molecular formula is C17H22N4O3. The van der Waals surface area contributed by atoms with Crippen LogP contribution < -0.4 is 9.80 Å². The Bertz CT molecular complexity index is 687. The van der Waals surface area contributed by atoms with Gasteiger partial charge in [-0.15, -0.1) is 0 Å². The van der Waals surface area contributed by atoms with E-state index in [9.17, 15) is 4.79 Å². The van der Waals surface area contributed by atoms with Crippen molar-refractivity contribution in [3.05, 3.63) is 42.0 Å². The lowest BCUT2D eigenvalue weighted by Crippen LogP contribution is -2.28. The number of imidazole rings is 1. The number of anilines is 2. The number of nitrogens with zero attached hydrogens (tertiary/aromatic N) is 3. The molecule has 128 valence electrons. The number of rotatable bonds is 6. The summed E-state index contributed by atoms with van der Waals surface area (Å²) in [4.78, 5) is 23.1. The second-order valence-electron chi connectivity index (χ2n) is 5.73. The highest BCUT2D eigenvalue weighted by Crippen LogP contribution is 2.32. The molecule has 1 aliphatic heterocycles. The van der Waals surface area contributed by atoms with E-state index in [-0.39, 0.29) is 12.7 Å². The van der Waals surface area contributed by atoms with Gasteiger partial charge in [-0.2, -0.15) is 0 Å². The summed E-state index contributed by atoms with van der Waals surface area (Å²) in [7, 11) is 3.29. The zero-order valence-corrected chi connectivity index (χ0v) is 14.0. The van der Waals surface area contributed by atoms with Crippen LogP contribution >= 0.6 is 0 Å². The highest BCUT2D eigenvalue weighted by atomic mass is 16.6. The molecule has 0 spiro atoms. The molecule has 1 amide bonds. The van der Waals surface area contributed by atoms with Crippen molar-refractivity contribution in [2.24, 2.45) is 0 Å². The van der Waals surface area contributed by atoms with Gasteiger partial charge in [-0.05, 0) is 24.1 Å². The predicted molar refractivity (Wildman–Crippen MR) is 91.4 cm³/mol. The highest BCUT2D eigenvalue weighted by molar-refractivity contribution is 5.88. The number of nitrogens with one attached hydrogen (secondary N) is 1. The van der Waals surface area contributed by atoms with Crippen LogP contribution in [0, 0.1) is 0 Å². The van der Waals surface area contributed by atoms with Crippen molar-refractivity contribution < 1.29 is 14.3 Å². The van der Waals surface area contributed by atoms with Gasteiger partial charge in [0.05, 0.1) is 25.2 Å². The van der Waals surface area contributed by atoms with Gasteiger partial charge >= 0.3 is 6.09 Å². The molecule has 0 unspecified atom stereocenters. The van der Waals surface area contributed by atoms with E-state index in [0.717, 1.165) is 36.6 Å². The molecule has 1 aromatic carbocycles. The summed E-state index contributed by atoms with van der Waals surface area (Å²) in [6.45, 7) is 2.37. The first-order valence-corrected chi connectivity index (χ1v) is 7.93. The Morgan fingerprint density at radius 1 is 1.42 bits per heavy atom. The van der Waals surface area contributed by atoms with Gasteiger partial charge in [0, 0.05) is 38.3 Å². The molecule has 0 radical (unpaired) electrons. The molecule has 7 heteroatoms. The van der Waals surface area contributed by atoms with Gasteiger partial charge in [-0.25, -0.2) is 9.78 Å². The molecule has 0 aliphatic carbocycles. The lowest BCUT2D eigenvalue weighted by Gasteiger charge is -2.22. The fourth-order valence-corrected chi connectivity index (χ4v) is 2.80. The van der Waals surface area contributed by atoms with Gasteiger partial charge in [0.15, 0.2) is 0 Å². The Morgan fingerprint density at radius 3 is 3.04 bits per heavy atom. The summed E-state index contributed by atoms with van der Waals surface area (Å²) < 4.78 is 10.1.